The summed E-state index contributed by atoms with van der Waals surface area (Å²) >= 11 is 0. The first-order chi connectivity index (χ1) is 17.5. The lowest BCUT2D eigenvalue weighted by atomic mass is 9.87. The highest BCUT2D eigenvalue weighted by atomic mass is 16.5. The second kappa shape index (κ2) is 12.0. The van der Waals surface area contributed by atoms with Crippen LogP contribution in [0.1, 0.15) is 73.2 Å². The van der Waals surface area contributed by atoms with Crippen LogP contribution in [-0.4, -0.2) is 41.7 Å². The maximum absolute atomic E-state index is 5.43. The van der Waals surface area contributed by atoms with Gasteiger partial charge in [0.05, 0.1) is 6.61 Å². The van der Waals surface area contributed by atoms with Crippen molar-refractivity contribution in [3.8, 4) is 11.4 Å². The first kappa shape index (κ1) is 26.3. The molecule has 0 aliphatic heterocycles. The number of methoxy groups -OCH3 is 1. The van der Waals surface area contributed by atoms with Crippen LogP contribution in [-0.2, 0) is 30.5 Å². The fraction of sp³-hybridized carbons (Fsp3) is 0.484. The lowest BCUT2D eigenvalue weighted by Gasteiger charge is -2.34. The number of fused-ring (bicyclic) bond motifs is 1. The van der Waals surface area contributed by atoms with E-state index in [1.165, 1.54) is 52.6 Å². The Bertz CT molecular complexity index is 1150. The third kappa shape index (κ3) is 5.63. The molecule has 0 spiro atoms. The van der Waals surface area contributed by atoms with Gasteiger partial charge in [-0.05, 0) is 75.3 Å². The number of aromatic nitrogens is 2. The largest absolute Gasteiger partial charge is 0.383 e. The predicted molar refractivity (Wildman–Crippen MR) is 150 cm³/mol. The van der Waals surface area contributed by atoms with Crippen LogP contribution < -0.4 is 5.32 Å². The lowest BCUT2D eigenvalue weighted by Crippen LogP contribution is -2.29. The minimum absolute atomic E-state index is 0.142. The molecular weight excluding hydrogens is 444 g/mol. The van der Waals surface area contributed by atoms with Crippen molar-refractivity contribution >= 4 is 5.82 Å². The molecule has 2 atom stereocenters. The van der Waals surface area contributed by atoms with Gasteiger partial charge in [-0.1, -0.05) is 56.3 Å². The number of ether oxygens (including phenoxy) is 1. The van der Waals surface area contributed by atoms with E-state index >= 15 is 0 Å². The summed E-state index contributed by atoms with van der Waals surface area (Å²) in [6, 6.07) is 16.0. The SMILES string of the molecule is CCc1cccc(CC)c1-c1nc(C)c(CN(C)[C@H]2CCCc3ccccc32)c(NC(C)COC)n1. The van der Waals surface area contributed by atoms with E-state index in [0.29, 0.717) is 12.6 Å². The summed E-state index contributed by atoms with van der Waals surface area (Å²) < 4.78 is 5.43. The van der Waals surface area contributed by atoms with E-state index in [4.69, 9.17) is 14.7 Å². The summed E-state index contributed by atoms with van der Waals surface area (Å²) in [5.74, 6) is 1.74. The van der Waals surface area contributed by atoms with Crippen molar-refractivity contribution in [2.75, 3.05) is 26.1 Å². The van der Waals surface area contributed by atoms with Crippen LogP contribution in [0.25, 0.3) is 11.4 Å². The fourth-order valence-electron chi connectivity index (χ4n) is 5.62. The zero-order valence-corrected chi connectivity index (χ0v) is 22.9. The molecule has 4 rings (SSSR count). The molecule has 2 aromatic carbocycles. The fourth-order valence-corrected chi connectivity index (χ4v) is 5.62. The van der Waals surface area contributed by atoms with Gasteiger partial charge >= 0.3 is 0 Å². The highest BCUT2D eigenvalue weighted by Gasteiger charge is 2.26. The predicted octanol–water partition coefficient (Wildman–Crippen LogP) is 6.53. The molecule has 0 bridgehead atoms. The maximum atomic E-state index is 5.43. The van der Waals surface area contributed by atoms with Gasteiger partial charge in [0, 0.05) is 42.6 Å². The van der Waals surface area contributed by atoms with E-state index in [-0.39, 0.29) is 6.04 Å². The number of hydrogen-bond acceptors (Lipinski definition) is 5. The van der Waals surface area contributed by atoms with Crippen molar-refractivity contribution in [1.29, 1.82) is 0 Å². The van der Waals surface area contributed by atoms with Crippen LogP contribution in [0, 0.1) is 6.92 Å². The molecule has 0 saturated heterocycles. The second-order valence-electron chi connectivity index (χ2n) is 10.1. The average molecular weight is 487 g/mol. The Balaban J connectivity index is 1.74. The molecule has 1 aliphatic rings. The minimum atomic E-state index is 0.142. The van der Waals surface area contributed by atoms with Crippen molar-refractivity contribution in [2.24, 2.45) is 0 Å². The molecular formula is C31H42N4O. The highest BCUT2D eigenvalue weighted by Crippen LogP contribution is 2.36. The van der Waals surface area contributed by atoms with Crippen molar-refractivity contribution in [2.45, 2.75) is 78.4 Å². The molecule has 1 heterocycles. The molecule has 3 aromatic rings. The van der Waals surface area contributed by atoms with E-state index < -0.39 is 0 Å². The lowest BCUT2D eigenvalue weighted by molar-refractivity contribution is 0.190. The summed E-state index contributed by atoms with van der Waals surface area (Å²) in [5, 5.41) is 3.66. The Morgan fingerprint density at radius 1 is 1.06 bits per heavy atom. The number of nitrogens with one attached hydrogen (secondary N) is 1. The third-order valence-electron chi connectivity index (χ3n) is 7.51. The van der Waals surface area contributed by atoms with Gasteiger partial charge in [-0.15, -0.1) is 0 Å². The van der Waals surface area contributed by atoms with Gasteiger partial charge in [-0.2, -0.15) is 0 Å². The van der Waals surface area contributed by atoms with Crippen LogP contribution in [0.3, 0.4) is 0 Å². The molecule has 0 fully saturated rings. The molecule has 1 aliphatic carbocycles. The Labute approximate surface area is 217 Å². The Hall–Kier alpha value is -2.76. The number of rotatable bonds is 10. The molecule has 0 radical (unpaired) electrons. The second-order valence-corrected chi connectivity index (χ2v) is 10.1. The van der Waals surface area contributed by atoms with Crippen molar-refractivity contribution < 1.29 is 4.74 Å². The number of nitrogens with zero attached hydrogens (tertiary/aromatic N) is 3. The normalized spacial score (nSPS) is 16.1. The minimum Gasteiger partial charge on any atom is -0.383 e. The molecule has 1 N–H and O–H groups in total. The molecule has 0 amide bonds. The highest BCUT2D eigenvalue weighted by molar-refractivity contribution is 5.67. The molecule has 5 heteroatoms. The average Bonchev–Trinajstić information content (AvgIpc) is 2.89. The summed E-state index contributed by atoms with van der Waals surface area (Å²) in [6.07, 6.45) is 5.50. The summed E-state index contributed by atoms with van der Waals surface area (Å²) in [5.41, 5.74) is 8.94. The van der Waals surface area contributed by atoms with Crippen LogP contribution >= 0.6 is 0 Å². The molecule has 5 nitrogen and oxygen atoms in total. The molecule has 1 unspecified atom stereocenters. The zero-order valence-electron chi connectivity index (χ0n) is 22.9. The monoisotopic (exact) mass is 486 g/mol. The van der Waals surface area contributed by atoms with Crippen molar-refractivity contribution in [1.82, 2.24) is 14.9 Å². The molecule has 1 aromatic heterocycles. The van der Waals surface area contributed by atoms with Crippen molar-refractivity contribution in [3.63, 3.8) is 0 Å². The Kier molecular flexibility index (Phi) is 8.76. The zero-order chi connectivity index (χ0) is 25.7. The van der Waals surface area contributed by atoms with Crippen LogP contribution in [0.5, 0.6) is 0 Å². The Morgan fingerprint density at radius 2 is 1.78 bits per heavy atom. The number of anilines is 1. The number of benzene rings is 2. The third-order valence-corrected chi connectivity index (χ3v) is 7.51. The van der Waals surface area contributed by atoms with Crippen molar-refractivity contribution in [3.05, 3.63) is 76.0 Å². The maximum Gasteiger partial charge on any atom is 0.162 e. The summed E-state index contributed by atoms with van der Waals surface area (Å²) in [7, 11) is 3.99. The summed E-state index contributed by atoms with van der Waals surface area (Å²) in [6.45, 7) is 10.1. The van der Waals surface area contributed by atoms with Gasteiger partial charge in [0.15, 0.2) is 5.82 Å². The molecule has 36 heavy (non-hydrogen) atoms. The van der Waals surface area contributed by atoms with E-state index in [1.807, 2.05) is 0 Å². The van der Waals surface area contributed by atoms with Crippen LogP contribution in [0.15, 0.2) is 42.5 Å². The van der Waals surface area contributed by atoms with E-state index in [0.717, 1.165) is 36.7 Å². The van der Waals surface area contributed by atoms with E-state index in [9.17, 15) is 0 Å². The number of aryl methyl sites for hydroxylation is 4. The topological polar surface area (TPSA) is 50.3 Å². The van der Waals surface area contributed by atoms with Gasteiger partial charge in [0.25, 0.3) is 0 Å². The summed E-state index contributed by atoms with van der Waals surface area (Å²) in [4.78, 5) is 12.8. The smallest absolute Gasteiger partial charge is 0.162 e. The van der Waals surface area contributed by atoms with Gasteiger partial charge in [-0.25, -0.2) is 9.97 Å². The molecule has 192 valence electrons. The standard InChI is InChI=1S/C31H42N4O/c1-7-23-14-11-15-24(8-2)29(23)31-33-22(4)27(30(34-31)32-21(3)20-36-6)19-35(5)28-18-12-16-25-13-9-10-17-26(25)28/h9-11,13-15,17,21,28H,7-8,12,16,18-20H2,1-6H3,(H,32,33,34)/t21?,28-/m0/s1. The quantitative estimate of drug-likeness (QED) is 0.353. The first-order valence-electron chi connectivity index (χ1n) is 13.5. The van der Waals surface area contributed by atoms with Gasteiger partial charge in [-0.3, -0.25) is 4.90 Å². The van der Waals surface area contributed by atoms with Crippen LogP contribution in [0.4, 0.5) is 5.82 Å². The van der Waals surface area contributed by atoms with Crippen LogP contribution in [0.2, 0.25) is 0 Å². The van der Waals surface area contributed by atoms with Gasteiger partial charge < -0.3 is 10.1 Å². The Morgan fingerprint density at radius 3 is 2.47 bits per heavy atom. The van der Waals surface area contributed by atoms with E-state index in [2.05, 4.69) is 87.4 Å². The van der Waals surface area contributed by atoms with Gasteiger partial charge in [0.1, 0.15) is 5.82 Å². The number of hydrogen-bond donors (Lipinski definition) is 1. The van der Waals surface area contributed by atoms with Gasteiger partial charge in [0.2, 0.25) is 0 Å². The first-order valence-corrected chi connectivity index (χ1v) is 13.5. The van der Waals surface area contributed by atoms with E-state index in [1.54, 1.807) is 7.11 Å². The molecule has 0 saturated carbocycles.